The molecule has 1 fully saturated rings. The number of hydrogen-bond donors (Lipinski definition) is 2. The zero-order chi connectivity index (χ0) is 18.3. The van der Waals surface area contributed by atoms with Crippen LogP contribution in [0, 0.1) is 0 Å². The molecule has 2 heterocycles. The first-order valence-corrected chi connectivity index (χ1v) is 10.6. The van der Waals surface area contributed by atoms with Crippen molar-refractivity contribution in [2.24, 2.45) is 12.0 Å². The summed E-state index contributed by atoms with van der Waals surface area (Å²) in [6, 6.07) is 0. The van der Waals surface area contributed by atoms with E-state index in [4.69, 9.17) is 0 Å². The lowest BCUT2D eigenvalue weighted by atomic mass is 10.0. The summed E-state index contributed by atoms with van der Waals surface area (Å²) in [5.74, 6) is 1.50. The second-order valence-electron chi connectivity index (χ2n) is 6.27. The van der Waals surface area contributed by atoms with Gasteiger partial charge in [0.1, 0.15) is 0 Å². The Morgan fingerprint density at radius 3 is 2.88 bits per heavy atom. The van der Waals surface area contributed by atoms with Crippen molar-refractivity contribution in [1.29, 1.82) is 0 Å². The fraction of sp³-hybridized carbons (Fsp3) is 0.750. The summed E-state index contributed by atoms with van der Waals surface area (Å²) in [5.41, 5.74) is 1.27. The summed E-state index contributed by atoms with van der Waals surface area (Å²) in [7, 11) is -1.18. The number of rotatable bonds is 8. The van der Waals surface area contributed by atoms with Crippen LogP contribution in [0.3, 0.4) is 0 Å². The average Bonchev–Trinajstić information content (AvgIpc) is 3.22. The number of guanidine groups is 1. The van der Waals surface area contributed by atoms with Crippen molar-refractivity contribution in [3.05, 3.63) is 18.0 Å². The Bertz CT molecular complexity index is 670. The second kappa shape index (κ2) is 9.19. The molecule has 25 heavy (non-hydrogen) atoms. The Balaban J connectivity index is 1.85. The molecule has 1 saturated heterocycles. The van der Waals surface area contributed by atoms with E-state index in [-0.39, 0.29) is 5.75 Å². The van der Waals surface area contributed by atoms with E-state index in [1.807, 2.05) is 17.9 Å². The molecule has 1 aliphatic heterocycles. The standard InChI is InChI=1S/C16H30N6O2S/c1-4-17-16(18-8-6-9-20-25(23,24)5-2)22-10-7-14(13-22)15-11-19-21(3)12-15/h11-12,14,20H,4-10,13H2,1-3H3,(H,17,18). The number of nitrogens with zero attached hydrogens (tertiary/aromatic N) is 4. The highest BCUT2D eigenvalue weighted by molar-refractivity contribution is 7.89. The van der Waals surface area contributed by atoms with Crippen LogP contribution in [0.1, 0.15) is 38.2 Å². The van der Waals surface area contributed by atoms with Gasteiger partial charge in [-0.2, -0.15) is 5.10 Å². The Morgan fingerprint density at radius 1 is 1.44 bits per heavy atom. The number of aromatic nitrogens is 2. The molecule has 1 aliphatic rings. The summed E-state index contributed by atoms with van der Waals surface area (Å²) in [6.07, 6.45) is 5.80. The monoisotopic (exact) mass is 370 g/mol. The van der Waals surface area contributed by atoms with Crippen molar-refractivity contribution in [2.45, 2.75) is 32.6 Å². The van der Waals surface area contributed by atoms with E-state index in [2.05, 4.69) is 38.2 Å². The zero-order valence-corrected chi connectivity index (χ0v) is 16.2. The van der Waals surface area contributed by atoms with E-state index in [9.17, 15) is 8.42 Å². The number of likely N-dealkylation sites (tertiary alicyclic amines) is 1. The minimum atomic E-state index is -3.11. The minimum absolute atomic E-state index is 0.114. The van der Waals surface area contributed by atoms with Crippen molar-refractivity contribution in [3.8, 4) is 0 Å². The van der Waals surface area contributed by atoms with Crippen molar-refractivity contribution in [3.63, 3.8) is 0 Å². The number of sulfonamides is 1. The normalized spacial score (nSPS) is 18.8. The fourth-order valence-electron chi connectivity index (χ4n) is 2.90. The first-order valence-electron chi connectivity index (χ1n) is 8.94. The van der Waals surface area contributed by atoms with E-state index < -0.39 is 10.0 Å². The van der Waals surface area contributed by atoms with Crippen LogP contribution >= 0.6 is 0 Å². The van der Waals surface area contributed by atoms with E-state index in [0.29, 0.717) is 25.4 Å². The van der Waals surface area contributed by atoms with Crippen molar-refractivity contribution < 1.29 is 8.42 Å². The molecule has 2 N–H and O–H groups in total. The average molecular weight is 371 g/mol. The van der Waals surface area contributed by atoms with Gasteiger partial charge in [0.05, 0.1) is 11.9 Å². The van der Waals surface area contributed by atoms with Gasteiger partial charge >= 0.3 is 0 Å². The van der Waals surface area contributed by atoms with Gasteiger partial charge in [-0.1, -0.05) is 0 Å². The largest absolute Gasteiger partial charge is 0.357 e. The van der Waals surface area contributed by atoms with Crippen LogP contribution in [0.5, 0.6) is 0 Å². The van der Waals surface area contributed by atoms with Gasteiger partial charge in [-0.15, -0.1) is 0 Å². The maximum Gasteiger partial charge on any atom is 0.211 e. The summed E-state index contributed by atoms with van der Waals surface area (Å²) < 4.78 is 27.2. The molecule has 8 nitrogen and oxygen atoms in total. The molecule has 0 radical (unpaired) electrons. The van der Waals surface area contributed by atoms with Crippen molar-refractivity contribution in [2.75, 3.05) is 38.5 Å². The molecule has 2 rings (SSSR count). The lowest BCUT2D eigenvalue weighted by Gasteiger charge is -2.21. The third kappa shape index (κ3) is 6.00. The van der Waals surface area contributed by atoms with E-state index in [0.717, 1.165) is 32.0 Å². The molecular formula is C16H30N6O2S. The molecule has 0 spiro atoms. The van der Waals surface area contributed by atoms with Gasteiger partial charge < -0.3 is 10.2 Å². The topological polar surface area (TPSA) is 91.6 Å². The summed E-state index contributed by atoms with van der Waals surface area (Å²) in [5, 5.41) is 7.60. The van der Waals surface area contributed by atoms with Gasteiger partial charge in [0.2, 0.25) is 10.0 Å². The van der Waals surface area contributed by atoms with Gasteiger partial charge in [0.15, 0.2) is 5.96 Å². The molecule has 0 bridgehead atoms. The van der Waals surface area contributed by atoms with Crippen LogP contribution in [-0.4, -0.2) is 67.5 Å². The van der Waals surface area contributed by atoms with Gasteiger partial charge in [-0.25, -0.2) is 13.1 Å². The molecule has 0 amide bonds. The molecule has 142 valence electrons. The van der Waals surface area contributed by atoms with E-state index >= 15 is 0 Å². The first kappa shape index (κ1) is 19.7. The summed E-state index contributed by atoms with van der Waals surface area (Å²) in [4.78, 5) is 6.93. The minimum Gasteiger partial charge on any atom is -0.357 e. The highest BCUT2D eigenvalue weighted by atomic mass is 32.2. The predicted octanol–water partition coefficient (Wildman–Crippen LogP) is 0.504. The van der Waals surface area contributed by atoms with Gasteiger partial charge in [0.25, 0.3) is 0 Å². The Morgan fingerprint density at radius 2 is 2.24 bits per heavy atom. The maximum absolute atomic E-state index is 11.4. The first-order chi connectivity index (χ1) is 11.9. The van der Waals surface area contributed by atoms with Crippen LogP contribution in [0.4, 0.5) is 0 Å². The molecule has 1 aromatic rings. The van der Waals surface area contributed by atoms with Gasteiger partial charge in [-0.3, -0.25) is 9.67 Å². The smallest absolute Gasteiger partial charge is 0.211 e. The molecule has 0 aliphatic carbocycles. The molecule has 0 saturated carbocycles. The number of hydrogen-bond acceptors (Lipinski definition) is 4. The van der Waals surface area contributed by atoms with Crippen molar-refractivity contribution >= 4 is 16.0 Å². The summed E-state index contributed by atoms with van der Waals surface area (Å²) >= 11 is 0. The zero-order valence-electron chi connectivity index (χ0n) is 15.4. The van der Waals surface area contributed by atoms with Crippen LogP contribution in [0.2, 0.25) is 0 Å². The van der Waals surface area contributed by atoms with Gasteiger partial charge in [0, 0.05) is 51.9 Å². The second-order valence-corrected chi connectivity index (χ2v) is 8.36. The van der Waals surface area contributed by atoms with Crippen LogP contribution in [-0.2, 0) is 17.1 Å². The quantitative estimate of drug-likeness (QED) is 0.395. The Hall–Kier alpha value is -1.61. The SMILES string of the molecule is CCNC(=NCCCNS(=O)(=O)CC)N1CCC(c2cnn(C)c2)C1. The predicted molar refractivity (Wildman–Crippen MR) is 100 cm³/mol. The highest BCUT2D eigenvalue weighted by Crippen LogP contribution is 2.26. The lowest BCUT2D eigenvalue weighted by Crippen LogP contribution is -2.40. The molecule has 0 aromatic carbocycles. The van der Waals surface area contributed by atoms with E-state index in [1.54, 1.807) is 6.92 Å². The van der Waals surface area contributed by atoms with Gasteiger partial charge in [-0.05, 0) is 32.3 Å². The Kier molecular flexibility index (Phi) is 7.24. The highest BCUT2D eigenvalue weighted by Gasteiger charge is 2.26. The molecule has 1 aromatic heterocycles. The number of aliphatic imine (C=N–C) groups is 1. The van der Waals surface area contributed by atoms with E-state index in [1.165, 1.54) is 5.56 Å². The van der Waals surface area contributed by atoms with Crippen molar-refractivity contribution in [1.82, 2.24) is 24.7 Å². The third-order valence-electron chi connectivity index (χ3n) is 4.32. The third-order valence-corrected chi connectivity index (χ3v) is 5.72. The maximum atomic E-state index is 11.4. The summed E-state index contributed by atoms with van der Waals surface area (Å²) in [6.45, 7) is 7.43. The van der Waals surface area contributed by atoms with Crippen LogP contribution in [0.15, 0.2) is 17.4 Å². The lowest BCUT2D eigenvalue weighted by molar-refractivity contribution is 0.485. The molecule has 1 unspecified atom stereocenters. The molecular weight excluding hydrogens is 340 g/mol. The molecule has 1 atom stereocenters. The Labute approximate surface area is 150 Å². The molecule has 9 heteroatoms. The number of nitrogens with one attached hydrogen (secondary N) is 2. The fourth-order valence-corrected chi connectivity index (χ4v) is 3.55. The van der Waals surface area contributed by atoms with Crippen LogP contribution in [0.25, 0.3) is 0 Å². The number of aryl methyl sites for hydroxylation is 1. The van der Waals surface area contributed by atoms with Crippen LogP contribution < -0.4 is 10.0 Å².